The van der Waals surface area contributed by atoms with E-state index in [1.807, 2.05) is 25.2 Å². The lowest BCUT2D eigenvalue weighted by Crippen LogP contribution is -2.05. The first kappa shape index (κ1) is 20.9. The van der Waals surface area contributed by atoms with Crippen LogP contribution in [0.3, 0.4) is 0 Å². The third-order valence-corrected chi connectivity index (χ3v) is 4.65. The van der Waals surface area contributed by atoms with E-state index in [4.69, 9.17) is 16.0 Å². The van der Waals surface area contributed by atoms with Crippen molar-refractivity contribution >= 4 is 11.6 Å². The van der Waals surface area contributed by atoms with Crippen molar-refractivity contribution < 1.29 is 17.6 Å². The van der Waals surface area contributed by atoms with E-state index in [9.17, 15) is 13.2 Å². The molecule has 4 aromatic rings. The van der Waals surface area contributed by atoms with Crippen molar-refractivity contribution in [2.45, 2.75) is 19.5 Å². The maximum atomic E-state index is 14.5. The molecule has 0 fully saturated rings. The fourth-order valence-electron chi connectivity index (χ4n) is 2.87. The first-order valence-corrected chi connectivity index (χ1v) is 9.42. The molecule has 8 nitrogen and oxygen atoms in total. The van der Waals surface area contributed by atoms with Crippen LogP contribution in [0.1, 0.15) is 23.6 Å². The molecule has 31 heavy (non-hydrogen) atoms. The van der Waals surface area contributed by atoms with Crippen molar-refractivity contribution in [2.24, 2.45) is 0 Å². The molecule has 4 rings (SSSR count). The zero-order valence-corrected chi connectivity index (χ0v) is 16.8. The predicted molar refractivity (Wildman–Crippen MR) is 105 cm³/mol. The second-order valence-corrected chi connectivity index (χ2v) is 6.95. The van der Waals surface area contributed by atoms with Crippen molar-refractivity contribution in [3.63, 3.8) is 0 Å². The maximum absolute atomic E-state index is 14.5. The minimum Gasteiger partial charge on any atom is -0.415 e. The molecule has 0 atom stereocenters. The van der Waals surface area contributed by atoms with Crippen LogP contribution in [0, 0.1) is 5.82 Å². The highest BCUT2D eigenvalue weighted by Gasteiger charge is 2.18. The third kappa shape index (κ3) is 4.57. The Bertz CT molecular complexity index is 1210. The summed E-state index contributed by atoms with van der Waals surface area (Å²) in [6.45, 7) is 0.682. The Morgan fingerprint density at radius 1 is 1.19 bits per heavy atom. The van der Waals surface area contributed by atoms with Gasteiger partial charge in [0.05, 0.1) is 29.0 Å². The highest BCUT2D eigenvalue weighted by atomic mass is 35.5. The lowest BCUT2D eigenvalue weighted by molar-refractivity contribution is 0.116. The monoisotopic (exact) mass is 449 g/mol. The summed E-state index contributed by atoms with van der Waals surface area (Å²) < 4.78 is 45.9. The number of alkyl halides is 2. The van der Waals surface area contributed by atoms with Crippen LogP contribution in [0.2, 0.25) is 5.02 Å². The van der Waals surface area contributed by atoms with Gasteiger partial charge in [0.2, 0.25) is 5.89 Å². The van der Waals surface area contributed by atoms with Crippen LogP contribution < -0.4 is 5.32 Å². The highest BCUT2D eigenvalue weighted by molar-refractivity contribution is 6.33. The Labute approximate surface area is 179 Å². The van der Waals surface area contributed by atoms with Gasteiger partial charge in [0.1, 0.15) is 11.5 Å². The topological polar surface area (TPSA) is 94.6 Å². The number of hydrogen-bond donors (Lipinski definition) is 1. The van der Waals surface area contributed by atoms with Crippen LogP contribution in [0.25, 0.3) is 22.7 Å². The molecule has 0 aliphatic rings. The molecule has 160 valence electrons. The van der Waals surface area contributed by atoms with Crippen molar-refractivity contribution in [2.75, 3.05) is 7.05 Å². The zero-order chi connectivity index (χ0) is 22.0. The molecule has 12 heteroatoms. The van der Waals surface area contributed by atoms with E-state index in [1.165, 1.54) is 10.9 Å². The summed E-state index contributed by atoms with van der Waals surface area (Å²) in [6.07, 6.45) is -0.0232. The first-order chi connectivity index (χ1) is 14.9. The van der Waals surface area contributed by atoms with Gasteiger partial charge in [-0.25, -0.2) is 9.07 Å². The minimum absolute atomic E-state index is 0.000683. The summed E-state index contributed by atoms with van der Waals surface area (Å²) in [5.74, 6) is -1.76. The number of benzene rings is 1. The molecule has 0 aliphatic carbocycles. The average Bonchev–Trinajstić information content (AvgIpc) is 3.40. The van der Waals surface area contributed by atoms with Gasteiger partial charge in [-0.15, -0.1) is 15.3 Å². The van der Waals surface area contributed by atoms with Gasteiger partial charge in [-0.2, -0.15) is 8.78 Å². The first-order valence-electron chi connectivity index (χ1n) is 9.04. The molecule has 0 spiro atoms. The molecule has 0 amide bonds. The van der Waals surface area contributed by atoms with Crippen molar-refractivity contribution in [3.8, 4) is 22.7 Å². The lowest BCUT2D eigenvalue weighted by atomic mass is 10.1. The fraction of sp³-hybridized carbons (Fsp3) is 0.211. The number of nitrogens with one attached hydrogen (secondary N) is 1. The Morgan fingerprint density at radius 2 is 2.03 bits per heavy atom. The van der Waals surface area contributed by atoms with E-state index in [-0.39, 0.29) is 23.7 Å². The highest BCUT2D eigenvalue weighted by Crippen LogP contribution is 2.28. The van der Waals surface area contributed by atoms with Crippen LogP contribution in [-0.4, -0.2) is 37.2 Å². The SMILES string of the molecule is CNCc1ccc(-c2cn(Cc3ncc(-c4nnc(C(F)F)o4)cc3F)nn2)c(Cl)c1. The van der Waals surface area contributed by atoms with Gasteiger partial charge in [-0.05, 0) is 24.7 Å². The largest absolute Gasteiger partial charge is 0.415 e. The van der Waals surface area contributed by atoms with Crippen molar-refractivity contribution in [3.05, 3.63) is 64.6 Å². The van der Waals surface area contributed by atoms with E-state index in [1.54, 1.807) is 6.20 Å². The zero-order valence-electron chi connectivity index (χ0n) is 16.1. The third-order valence-electron chi connectivity index (χ3n) is 4.33. The Kier molecular flexibility index (Phi) is 5.96. The van der Waals surface area contributed by atoms with Crippen LogP contribution in [0.4, 0.5) is 13.2 Å². The molecule has 0 radical (unpaired) electrons. The normalized spacial score (nSPS) is 11.4. The van der Waals surface area contributed by atoms with E-state index in [2.05, 4.69) is 30.8 Å². The average molecular weight is 450 g/mol. The van der Waals surface area contributed by atoms with Crippen molar-refractivity contribution in [1.82, 2.24) is 35.5 Å². The quantitative estimate of drug-likeness (QED) is 0.457. The molecule has 3 aromatic heterocycles. The summed E-state index contributed by atoms with van der Waals surface area (Å²) in [4.78, 5) is 4.02. The summed E-state index contributed by atoms with van der Waals surface area (Å²) in [5.41, 5.74) is 2.42. The summed E-state index contributed by atoms with van der Waals surface area (Å²) in [6, 6.07) is 6.69. The summed E-state index contributed by atoms with van der Waals surface area (Å²) in [5, 5.41) is 18.4. The van der Waals surface area contributed by atoms with Gasteiger partial charge in [0.25, 0.3) is 5.89 Å². The minimum atomic E-state index is -2.91. The van der Waals surface area contributed by atoms with Crippen LogP contribution in [0.5, 0.6) is 0 Å². The van der Waals surface area contributed by atoms with Gasteiger partial charge >= 0.3 is 6.43 Å². The molecule has 1 aromatic carbocycles. The number of pyridine rings is 1. The van der Waals surface area contributed by atoms with Crippen LogP contribution >= 0.6 is 11.6 Å². The van der Waals surface area contributed by atoms with E-state index in [0.717, 1.165) is 11.6 Å². The number of halogens is 4. The lowest BCUT2D eigenvalue weighted by Gasteiger charge is -2.05. The molecule has 0 unspecified atom stereocenters. The molecule has 0 bridgehead atoms. The molecule has 1 N–H and O–H groups in total. The van der Waals surface area contributed by atoms with E-state index < -0.39 is 18.1 Å². The van der Waals surface area contributed by atoms with Gasteiger partial charge < -0.3 is 9.73 Å². The summed E-state index contributed by atoms with van der Waals surface area (Å²) >= 11 is 6.35. The smallest absolute Gasteiger partial charge is 0.314 e. The number of rotatable bonds is 7. The van der Waals surface area contributed by atoms with E-state index in [0.29, 0.717) is 22.8 Å². The van der Waals surface area contributed by atoms with Gasteiger partial charge in [0.15, 0.2) is 0 Å². The van der Waals surface area contributed by atoms with Crippen molar-refractivity contribution in [1.29, 1.82) is 0 Å². The van der Waals surface area contributed by atoms with Gasteiger partial charge in [-0.1, -0.05) is 28.9 Å². The number of hydrogen-bond acceptors (Lipinski definition) is 7. The number of nitrogens with zero attached hydrogens (tertiary/aromatic N) is 6. The maximum Gasteiger partial charge on any atom is 0.314 e. The van der Waals surface area contributed by atoms with E-state index >= 15 is 0 Å². The predicted octanol–water partition coefficient (Wildman–Crippen LogP) is 3.89. The van der Waals surface area contributed by atoms with Gasteiger partial charge in [-0.3, -0.25) is 4.98 Å². The second-order valence-electron chi connectivity index (χ2n) is 6.54. The Hall–Kier alpha value is -3.31. The second kappa shape index (κ2) is 8.82. The Balaban J connectivity index is 1.52. The van der Waals surface area contributed by atoms with Crippen LogP contribution in [0.15, 0.2) is 41.1 Å². The molecular formula is C19H15ClF3N7O. The number of aromatic nitrogens is 6. The Morgan fingerprint density at radius 3 is 2.71 bits per heavy atom. The van der Waals surface area contributed by atoms with Crippen LogP contribution in [-0.2, 0) is 13.1 Å². The van der Waals surface area contributed by atoms with Gasteiger partial charge in [0, 0.05) is 18.3 Å². The molecule has 0 saturated carbocycles. The molecule has 3 heterocycles. The fourth-order valence-corrected chi connectivity index (χ4v) is 3.17. The molecular weight excluding hydrogens is 435 g/mol. The summed E-state index contributed by atoms with van der Waals surface area (Å²) in [7, 11) is 1.84. The molecule has 0 aliphatic heterocycles. The molecule has 0 saturated heterocycles. The standard InChI is InChI=1S/C19H15ClF3N7O/c1-24-6-10-2-3-12(13(20)4-10)15-8-30(29-26-15)9-16-14(21)5-11(7-25-16)18-27-28-19(31-18)17(22)23/h2-5,7-8,17,24H,6,9H2,1H3.